The van der Waals surface area contributed by atoms with Crippen molar-refractivity contribution in [2.24, 2.45) is 0 Å². The highest BCUT2D eigenvalue weighted by Crippen LogP contribution is 2.22. The van der Waals surface area contributed by atoms with Gasteiger partial charge >= 0.3 is 0 Å². The number of rotatable bonds is 4. The van der Waals surface area contributed by atoms with Gasteiger partial charge in [0.1, 0.15) is 5.82 Å². The first-order chi connectivity index (χ1) is 9.81. The molecule has 112 valence electrons. The molecule has 0 aliphatic rings. The van der Waals surface area contributed by atoms with Crippen molar-refractivity contribution >= 4 is 31.6 Å². The topological polar surface area (TPSA) is 72.2 Å². The van der Waals surface area contributed by atoms with Crippen molar-refractivity contribution in [3.8, 4) is 0 Å². The van der Waals surface area contributed by atoms with Gasteiger partial charge in [0.05, 0.1) is 10.6 Å². The van der Waals surface area contributed by atoms with Crippen LogP contribution < -0.4 is 10.5 Å². The largest absolute Gasteiger partial charge is 0.396 e. The van der Waals surface area contributed by atoms with Crippen molar-refractivity contribution in [1.82, 2.24) is 4.72 Å². The lowest BCUT2D eigenvalue weighted by Gasteiger charge is -2.11. The number of nitrogens with two attached hydrogens (primary N) is 1. The summed E-state index contributed by atoms with van der Waals surface area (Å²) in [5.41, 5.74) is 6.36. The number of hydrogen-bond acceptors (Lipinski definition) is 3. The van der Waals surface area contributed by atoms with Crippen molar-refractivity contribution in [1.29, 1.82) is 0 Å². The SMILES string of the molecule is Cc1cc(F)c(N)cc1S(=O)(=O)NCc1ccccc1Br. The summed E-state index contributed by atoms with van der Waals surface area (Å²) < 4.78 is 41.2. The van der Waals surface area contributed by atoms with Gasteiger partial charge in [-0.2, -0.15) is 0 Å². The molecule has 0 unspecified atom stereocenters. The van der Waals surface area contributed by atoms with Crippen molar-refractivity contribution in [3.05, 3.63) is 57.8 Å². The Hall–Kier alpha value is -1.44. The molecule has 0 bridgehead atoms. The lowest BCUT2D eigenvalue weighted by atomic mass is 10.2. The summed E-state index contributed by atoms with van der Waals surface area (Å²) in [5.74, 6) is -0.628. The second-order valence-electron chi connectivity index (χ2n) is 4.56. The molecular weight excluding hydrogens is 359 g/mol. The number of nitrogen functional groups attached to an aromatic ring is 1. The molecule has 0 radical (unpaired) electrons. The van der Waals surface area contributed by atoms with Gasteiger partial charge in [0.2, 0.25) is 10.0 Å². The molecule has 0 aliphatic carbocycles. The van der Waals surface area contributed by atoms with Crippen molar-refractivity contribution < 1.29 is 12.8 Å². The lowest BCUT2D eigenvalue weighted by molar-refractivity contribution is 0.579. The summed E-state index contributed by atoms with van der Waals surface area (Å²) in [6, 6.07) is 9.53. The van der Waals surface area contributed by atoms with Gasteiger partial charge in [-0.15, -0.1) is 0 Å². The Balaban J connectivity index is 2.27. The third-order valence-corrected chi connectivity index (χ3v) is 5.31. The van der Waals surface area contributed by atoms with Crippen LogP contribution in [0.5, 0.6) is 0 Å². The first-order valence-corrected chi connectivity index (χ1v) is 8.37. The lowest BCUT2D eigenvalue weighted by Crippen LogP contribution is -2.24. The first-order valence-electron chi connectivity index (χ1n) is 6.10. The van der Waals surface area contributed by atoms with Gasteiger partial charge in [-0.3, -0.25) is 0 Å². The number of aryl methyl sites for hydroxylation is 1. The average molecular weight is 373 g/mol. The van der Waals surface area contributed by atoms with Crippen LogP contribution >= 0.6 is 15.9 Å². The van der Waals surface area contributed by atoms with Crippen LogP contribution in [0.1, 0.15) is 11.1 Å². The summed E-state index contributed by atoms with van der Waals surface area (Å²) >= 11 is 3.35. The number of hydrogen-bond donors (Lipinski definition) is 2. The molecule has 2 aromatic rings. The summed E-state index contributed by atoms with van der Waals surface area (Å²) in [5, 5.41) is 0. The van der Waals surface area contributed by atoms with E-state index >= 15 is 0 Å². The fourth-order valence-corrected chi connectivity index (χ4v) is 3.54. The van der Waals surface area contributed by atoms with Gasteiger partial charge < -0.3 is 5.73 Å². The Morgan fingerprint density at radius 3 is 2.62 bits per heavy atom. The molecule has 4 nitrogen and oxygen atoms in total. The predicted molar refractivity (Wildman–Crippen MR) is 83.7 cm³/mol. The maximum absolute atomic E-state index is 13.3. The minimum Gasteiger partial charge on any atom is -0.396 e. The molecule has 2 aromatic carbocycles. The zero-order chi connectivity index (χ0) is 15.6. The highest BCUT2D eigenvalue weighted by molar-refractivity contribution is 9.10. The summed E-state index contributed by atoms with van der Waals surface area (Å²) in [6.07, 6.45) is 0. The van der Waals surface area contributed by atoms with E-state index in [-0.39, 0.29) is 17.1 Å². The Bertz CT molecular complexity index is 779. The molecule has 0 saturated carbocycles. The summed E-state index contributed by atoms with van der Waals surface area (Å²) in [4.78, 5) is -0.0200. The van der Waals surface area contributed by atoms with Crippen LogP contribution in [0.15, 0.2) is 45.8 Å². The molecule has 0 saturated heterocycles. The number of halogens is 2. The van der Waals surface area contributed by atoms with Gasteiger partial charge in [-0.05, 0) is 36.2 Å². The number of benzene rings is 2. The van der Waals surface area contributed by atoms with E-state index in [2.05, 4.69) is 20.7 Å². The van der Waals surface area contributed by atoms with Crippen LogP contribution in [0.25, 0.3) is 0 Å². The predicted octanol–water partition coefficient (Wildman–Crippen LogP) is 2.96. The Kier molecular flexibility index (Phi) is 4.65. The van der Waals surface area contributed by atoms with E-state index in [1.54, 1.807) is 6.07 Å². The van der Waals surface area contributed by atoms with Gasteiger partial charge in [0.25, 0.3) is 0 Å². The Labute approximate surface area is 131 Å². The van der Waals surface area contributed by atoms with Gasteiger partial charge in [-0.25, -0.2) is 17.5 Å². The molecule has 0 aromatic heterocycles. The summed E-state index contributed by atoms with van der Waals surface area (Å²) in [6.45, 7) is 1.65. The maximum atomic E-state index is 13.3. The van der Waals surface area contributed by atoms with E-state index in [4.69, 9.17) is 5.73 Å². The molecule has 0 aliphatic heterocycles. The second kappa shape index (κ2) is 6.13. The van der Waals surface area contributed by atoms with E-state index in [1.165, 1.54) is 6.92 Å². The monoisotopic (exact) mass is 372 g/mol. The Morgan fingerprint density at radius 2 is 1.95 bits per heavy atom. The zero-order valence-corrected chi connectivity index (χ0v) is 13.6. The van der Waals surface area contributed by atoms with Crippen molar-refractivity contribution in [3.63, 3.8) is 0 Å². The maximum Gasteiger partial charge on any atom is 0.241 e. The first kappa shape index (κ1) is 15.9. The van der Waals surface area contributed by atoms with Crippen LogP contribution in [0.4, 0.5) is 10.1 Å². The number of nitrogens with one attached hydrogen (secondary N) is 1. The molecule has 7 heteroatoms. The third kappa shape index (κ3) is 3.61. The molecule has 3 N–H and O–H groups in total. The number of sulfonamides is 1. The molecular formula is C14H14BrFN2O2S. The molecule has 0 fully saturated rings. The highest BCUT2D eigenvalue weighted by Gasteiger charge is 2.19. The van der Waals surface area contributed by atoms with Crippen LogP contribution in [0.3, 0.4) is 0 Å². The fraction of sp³-hybridized carbons (Fsp3) is 0.143. The molecule has 0 amide bonds. The standard InChI is InChI=1S/C14H14BrFN2O2S/c1-9-6-12(16)13(17)7-14(9)21(19,20)18-8-10-4-2-3-5-11(10)15/h2-7,18H,8,17H2,1H3. The molecule has 2 rings (SSSR count). The minimum atomic E-state index is -3.76. The normalized spacial score (nSPS) is 11.6. The smallest absolute Gasteiger partial charge is 0.241 e. The fourth-order valence-electron chi connectivity index (χ4n) is 1.85. The van der Waals surface area contributed by atoms with Crippen molar-refractivity contribution in [2.75, 3.05) is 5.73 Å². The Morgan fingerprint density at radius 1 is 1.29 bits per heavy atom. The minimum absolute atomic E-state index is 0.0200. The molecule has 0 atom stereocenters. The van der Waals surface area contributed by atoms with Crippen LogP contribution in [0.2, 0.25) is 0 Å². The van der Waals surface area contributed by atoms with E-state index in [0.29, 0.717) is 5.56 Å². The number of anilines is 1. The van der Waals surface area contributed by atoms with Crippen LogP contribution in [-0.2, 0) is 16.6 Å². The highest BCUT2D eigenvalue weighted by atomic mass is 79.9. The van der Waals surface area contributed by atoms with E-state index in [0.717, 1.165) is 22.2 Å². The zero-order valence-electron chi connectivity index (χ0n) is 11.2. The van der Waals surface area contributed by atoms with Crippen LogP contribution in [0, 0.1) is 12.7 Å². The summed E-state index contributed by atoms with van der Waals surface area (Å²) in [7, 11) is -3.76. The molecule has 0 spiro atoms. The van der Waals surface area contributed by atoms with Crippen LogP contribution in [-0.4, -0.2) is 8.42 Å². The second-order valence-corrected chi connectivity index (χ2v) is 7.14. The van der Waals surface area contributed by atoms with Gasteiger partial charge in [0, 0.05) is 11.0 Å². The quantitative estimate of drug-likeness (QED) is 0.810. The van der Waals surface area contributed by atoms with E-state index < -0.39 is 15.8 Å². The average Bonchev–Trinajstić information content (AvgIpc) is 2.42. The molecule has 0 heterocycles. The molecule has 21 heavy (non-hydrogen) atoms. The van der Waals surface area contributed by atoms with Crippen molar-refractivity contribution in [2.45, 2.75) is 18.4 Å². The van der Waals surface area contributed by atoms with Gasteiger partial charge in [-0.1, -0.05) is 34.1 Å². The third-order valence-electron chi connectivity index (χ3n) is 2.99. The van der Waals surface area contributed by atoms with E-state index in [1.807, 2.05) is 18.2 Å². The van der Waals surface area contributed by atoms with Gasteiger partial charge in [0.15, 0.2) is 0 Å². The van der Waals surface area contributed by atoms with E-state index in [9.17, 15) is 12.8 Å².